The molecule has 0 bridgehead atoms. The Bertz CT molecular complexity index is 910. The summed E-state index contributed by atoms with van der Waals surface area (Å²) in [6.45, 7) is 0. The number of carboxylic acid groups (broad SMARTS) is 2. The van der Waals surface area contributed by atoms with E-state index < -0.39 is 82.6 Å². The van der Waals surface area contributed by atoms with Gasteiger partial charge in [0.25, 0.3) is 0 Å². The predicted molar refractivity (Wildman–Crippen MR) is 88.0 cm³/mol. The third kappa shape index (κ3) is 4.78. The van der Waals surface area contributed by atoms with E-state index in [1.54, 1.807) is 0 Å². The Kier molecular flexibility index (Phi) is 6.36. The number of phenols is 4. The van der Waals surface area contributed by atoms with Crippen LogP contribution < -0.4 is 0 Å². The SMILES string of the molecule is O=C(O)c1c(O)cc([N+](=O)[O][Pb][O][N+](=O)c2cc(O)c(C(=O)O)c(O)c2)cc1O. The van der Waals surface area contributed by atoms with Gasteiger partial charge in [0, 0.05) is 0 Å². The van der Waals surface area contributed by atoms with E-state index in [-0.39, 0.29) is 9.85 Å². The van der Waals surface area contributed by atoms with Crippen LogP contribution in [0, 0.1) is 9.81 Å². The van der Waals surface area contributed by atoms with Crippen molar-refractivity contribution in [1.82, 2.24) is 0 Å². The van der Waals surface area contributed by atoms with Gasteiger partial charge in [-0.25, -0.2) is 0 Å². The van der Waals surface area contributed by atoms with E-state index in [1.165, 1.54) is 0 Å². The van der Waals surface area contributed by atoms with Crippen molar-refractivity contribution in [3.05, 3.63) is 45.2 Å². The minimum atomic E-state index is -2.95. The van der Waals surface area contributed by atoms with Crippen LogP contribution >= 0.6 is 0 Å². The number of hydrogen-bond acceptors (Lipinski definition) is 10. The molecule has 15 heteroatoms. The van der Waals surface area contributed by atoms with Crippen molar-refractivity contribution < 1.29 is 55.7 Å². The van der Waals surface area contributed by atoms with Gasteiger partial charge in [-0.05, 0) is 0 Å². The van der Waals surface area contributed by atoms with Crippen LogP contribution in [0.2, 0.25) is 0 Å². The number of nitrogens with zero attached hydrogens (tertiary/aromatic N) is 2. The van der Waals surface area contributed by atoms with Gasteiger partial charge in [-0.3, -0.25) is 0 Å². The molecule has 0 saturated carbocycles. The van der Waals surface area contributed by atoms with E-state index in [9.17, 15) is 39.8 Å². The molecule has 150 valence electrons. The maximum atomic E-state index is 11.8. The molecule has 0 aliphatic rings. The van der Waals surface area contributed by atoms with Gasteiger partial charge in [0.05, 0.1) is 0 Å². The fourth-order valence-corrected chi connectivity index (χ4v) is 3.51. The van der Waals surface area contributed by atoms with E-state index in [2.05, 4.69) is 5.58 Å². The van der Waals surface area contributed by atoms with Crippen LogP contribution in [-0.4, -0.2) is 77.6 Å². The second kappa shape index (κ2) is 8.54. The first-order valence-corrected chi connectivity index (χ1v) is 10.3. The van der Waals surface area contributed by atoms with Gasteiger partial charge in [0.1, 0.15) is 0 Å². The zero-order chi connectivity index (χ0) is 21.9. The molecule has 0 atom stereocenters. The molecular formula is C14H10N2O12Pb+2. The Balaban J connectivity index is 2.05. The van der Waals surface area contributed by atoms with Crippen LogP contribution in [0.5, 0.6) is 23.0 Å². The zero-order valence-electron chi connectivity index (χ0n) is 13.8. The molecule has 0 amide bonds. The third-order valence-corrected chi connectivity index (χ3v) is 5.12. The summed E-state index contributed by atoms with van der Waals surface area (Å²) in [6.07, 6.45) is 0. The molecule has 0 spiro atoms. The van der Waals surface area contributed by atoms with Gasteiger partial charge in [-0.15, -0.1) is 0 Å². The van der Waals surface area contributed by atoms with E-state index in [4.69, 9.17) is 10.2 Å². The van der Waals surface area contributed by atoms with Crippen molar-refractivity contribution in [3.63, 3.8) is 0 Å². The van der Waals surface area contributed by atoms with Crippen LogP contribution in [0.1, 0.15) is 20.7 Å². The van der Waals surface area contributed by atoms with Gasteiger partial charge >= 0.3 is 172 Å². The Labute approximate surface area is 172 Å². The fraction of sp³-hybridized carbons (Fsp3) is 0. The summed E-state index contributed by atoms with van der Waals surface area (Å²) in [4.78, 5) is 44.9. The van der Waals surface area contributed by atoms with E-state index in [1.807, 2.05) is 0 Å². The van der Waals surface area contributed by atoms with Crippen LogP contribution in [0.15, 0.2) is 24.3 Å². The van der Waals surface area contributed by atoms with Crippen LogP contribution in [0.3, 0.4) is 0 Å². The first kappa shape index (κ1) is 21.6. The van der Waals surface area contributed by atoms with Crippen LogP contribution in [0.4, 0.5) is 11.4 Å². The van der Waals surface area contributed by atoms with Gasteiger partial charge in [-0.2, -0.15) is 0 Å². The Hall–Kier alpha value is -3.70. The Morgan fingerprint density at radius 1 is 0.690 bits per heavy atom. The van der Waals surface area contributed by atoms with Crippen molar-refractivity contribution in [3.8, 4) is 23.0 Å². The molecule has 0 aromatic heterocycles. The Morgan fingerprint density at radius 3 is 1.21 bits per heavy atom. The Morgan fingerprint density at radius 2 is 0.966 bits per heavy atom. The molecule has 2 aromatic carbocycles. The molecule has 2 rings (SSSR count). The number of hydrogen-bond donors (Lipinski definition) is 6. The minimum absolute atomic E-state index is 0.218. The van der Waals surface area contributed by atoms with Crippen molar-refractivity contribution in [1.29, 1.82) is 0 Å². The zero-order valence-corrected chi connectivity index (χ0v) is 17.7. The standard InChI is InChI=1S/2C7H5NO6.Pb/c2*9-4-1-3(8(13)14)2-5(10)6(4)7(11)12;/h2*1-2,9-10H,(H,11,12);/q;;+2. The topological polar surface area (TPSA) is 214 Å². The quantitative estimate of drug-likeness (QED) is 0.182. The van der Waals surface area contributed by atoms with Gasteiger partial charge in [-0.1, -0.05) is 0 Å². The molecule has 0 aliphatic carbocycles. The first-order valence-electron chi connectivity index (χ1n) is 7.15. The fourth-order valence-electron chi connectivity index (χ4n) is 2.03. The first-order chi connectivity index (χ1) is 13.5. The summed E-state index contributed by atoms with van der Waals surface area (Å²) in [5.74, 6) is -6.87. The summed E-state index contributed by atoms with van der Waals surface area (Å²) in [6, 6.07) is 2.81. The average molecular weight is 605 g/mol. The average Bonchev–Trinajstić information content (AvgIpc) is 2.59. The molecule has 2 aromatic rings. The third-order valence-electron chi connectivity index (χ3n) is 3.25. The molecule has 6 N–H and O–H groups in total. The molecule has 0 saturated heterocycles. The van der Waals surface area contributed by atoms with E-state index in [0.29, 0.717) is 24.3 Å². The number of carbonyl (C=O) groups is 2. The summed E-state index contributed by atoms with van der Waals surface area (Å²) < 4.78 is 9.35. The van der Waals surface area contributed by atoms with Gasteiger partial charge in [0.2, 0.25) is 0 Å². The second-order valence-corrected chi connectivity index (χ2v) is 7.18. The summed E-state index contributed by atoms with van der Waals surface area (Å²) in [5.41, 5.74) is -2.62. The maximum absolute atomic E-state index is 11.8. The molecular weight excluding hydrogens is 595 g/mol. The molecule has 2 radical (unpaired) electrons. The van der Waals surface area contributed by atoms with Crippen molar-refractivity contribution in [2.45, 2.75) is 0 Å². The van der Waals surface area contributed by atoms with Gasteiger partial charge in [0.15, 0.2) is 0 Å². The molecule has 14 nitrogen and oxygen atoms in total. The molecule has 29 heavy (non-hydrogen) atoms. The number of aromatic hydroxyl groups is 4. The van der Waals surface area contributed by atoms with Crippen molar-refractivity contribution in [2.75, 3.05) is 0 Å². The van der Waals surface area contributed by atoms with E-state index >= 15 is 0 Å². The van der Waals surface area contributed by atoms with Crippen molar-refractivity contribution >= 4 is 48.5 Å². The van der Waals surface area contributed by atoms with E-state index in [0.717, 1.165) is 0 Å². The normalized spacial score (nSPS) is 10.2. The number of rotatable bonds is 8. The van der Waals surface area contributed by atoms with Crippen molar-refractivity contribution in [2.24, 2.45) is 0 Å². The molecule has 0 unspecified atom stereocenters. The number of aromatic carboxylic acids is 2. The van der Waals surface area contributed by atoms with Crippen LogP contribution in [0.25, 0.3) is 0 Å². The summed E-state index contributed by atoms with van der Waals surface area (Å²) in [5, 5.41) is 55.8. The molecule has 0 heterocycles. The molecule has 0 fully saturated rings. The van der Waals surface area contributed by atoms with Crippen LogP contribution in [-0.2, 0) is 5.58 Å². The monoisotopic (exact) mass is 606 g/mol. The molecule has 0 aliphatic heterocycles. The number of benzene rings is 2. The number of carboxylic acids is 2. The predicted octanol–water partition coefficient (Wildman–Crippen LogP) is 0.824. The summed E-state index contributed by atoms with van der Waals surface area (Å²) >= 11 is -2.95. The summed E-state index contributed by atoms with van der Waals surface area (Å²) in [7, 11) is 0. The van der Waals surface area contributed by atoms with Gasteiger partial charge < -0.3 is 0 Å². The second-order valence-electron chi connectivity index (χ2n) is 5.11.